The van der Waals surface area contributed by atoms with Gasteiger partial charge in [-0.15, -0.1) is 24.0 Å². The van der Waals surface area contributed by atoms with E-state index in [1.165, 1.54) is 0 Å². The Morgan fingerprint density at radius 1 is 1.38 bits per heavy atom. The zero-order valence-electron chi connectivity index (χ0n) is 12.9. The third-order valence-electron chi connectivity index (χ3n) is 2.65. The van der Waals surface area contributed by atoms with Crippen LogP contribution in [0.4, 0.5) is 0 Å². The molecular weight excluding hydrogens is 383 g/mol. The molecule has 0 amide bonds. The Morgan fingerprint density at radius 3 is 2.86 bits per heavy atom. The summed E-state index contributed by atoms with van der Waals surface area (Å²) in [6, 6.07) is 3.84. The van der Waals surface area contributed by atoms with Crippen molar-refractivity contribution in [3.05, 3.63) is 23.9 Å². The van der Waals surface area contributed by atoms with Crippen molar-refractivity contribution in [2.24, 2.45) is 4.99 Å². The normalized spacial score (nSPS) is 10.7. The third kappa shape index (κ3) is 8.71. The minimum Gasteiger partial charge on any atom is -0.481 e. The first-order valence-electron chi connectivity index (χ1n) is 6.81. The maximum Gasteiger partial charge on any atom is 0.213 e. The molecule has 0 aliphatic carbocycles. The number of hydrogen-bond acceptors (Lipinski definition) is 4. The number of ether oxygens (including phenoxy) is 2. The fourth-order valence-electron chi connectivity index (χ4n) is 1.60. The number of halogens is 1. The molecule has 0 fully saturated rings. The minimum atomic E-state index is 0. The van der Waals surface area contributed by atoms with Crippen LogP contribution >= 0.6 is 24.0 Å². The molecule has 1 aromatic rings. The first-order chi connectivity index (χ1) is 9.80. The van der Waals surface area contributed by atoms with Crippen LogP contribution in [-0.2, 0) is 11.3 Å². The first-order valence-corrected chi connectivity index (χ1v) is 6.81. The van der Waals surface area contributed by atoms with Crippen LogP contribution in [0, 0.1) is 0 Å². The molecular formula is C14H25IN4O2. The van der Waals surface area contributed by atoms with E-state index < -0.39 is 0 Å². The van der Waals surface area contributed by atoms with Gasteiger partial charge in [-0.05, 0) is 25.0 Å². The van der Waals surface area contributed by atoms with E-state index in [9.17, 15) is 0 Å². The summed E-state index contributed by atoms with van der Waals surface area (Å²) >= 11 is 0. The predicted molar refractivity (Wildman–Crippen MR) is 95.5 cm³/mol. The van der Waals surface area contributed by atoms with E-state index in [1.807, 2.05) is 19.1 Å². The Kier molecular flexibility index (Phi) is 12.0. The molecule has 0 aliphatic rings. The highest BCUT2D eigenvalue weighted by atomic mass is 127. The van der Waals surface area contributed by atoms with Crippen LogP contribution in [0.15, 0.2) is 23.3 Å². The molecule has 0 spiro atoms. The molecule has 120 valence electrons. The largest absolute Gasteiger partial charge is 0.481 e. The van der Waals surface area contributed by atoms with Gasteiger partial charge in [0.05, 0.1) is 7.11 Å². The number of aromatic nitrogens is 1. The number of guanidine groups is 1. The van der Waals surface area contributed by atoms with Crippen molar-refractivity contribution in [2.45, 2.75) is 19.9 Å². The van der Waals surface area contributed by atoms with Crippen molar-refractivity contribution in [3.63, 3.8) is 0 Å². The Morgan fingerprint density at radius 2 is 2.19 bits per heavy atom. The molecule has 21 heavy (non-hydrogen) atoms. The van der Waals surface area contributed by atoms with E-state index >= 15 is 0 Å². The van der Waals surface area contributed by atoms with Crippen LogP contribution in [0.5, 0.6) is 5.88 Å². The molecule has 1 rings (SSSR count). The van der Waals surface area contributed by atoms with Gasteiger partial charge in [-0.1, -0.05) is 0 Å². The van der Waals surface area contributed by atoms with Crippen molar-refractivity contribution in [1.82, 2.24) is 15.6 Å². The van der Waals surface area contributed by atoms with Gasteiger partial charge in [-0.2, -0.15) is 0 Å². The number of hydrogen-bond donors (Lipinski definition) is 2. The van der Waals surface area contributed by atoms with Gasteiger partial charge < -0.3 is 20.1 Å². The van der Waals surface area contributed by atoms with E-state index in [0.717, 1.165) is 37.7 Å². The minimum absolute atomic E-state index is 0. The average Bonchev–Trinajstić information content (AvgIpc) is 2.50. The molecule has 0 saturated carbocycles. The van der Waals surface area contributed by atoms with Gasteiger partial charge in [0.2, 0.25) is 5.88 Å². The lowest BCUT2D eigenvalue weighted by Gasteiger charge is -2.12. The number of rotatable bonds is 8. The molecule has 1 heterocycles. The predicted octanol–water partition coefficient (Wildman–Crippen LogP) is 1.80. The lowest BCUT2D eigenvalue weighted by molar-refractivity contribution is 0.145. The smallest absolute Gasteiger partial charge is 0.213 e. The summed E-state index contributed by atoms with van der Waals surface area (Å²) in [4.78, 5) is 8.24. The summed E-state index contributed by atoms with van der Waals surface area (Å²) in [6.45, 7) is 5.03. The van der Waals surface area contributed by atoms with Crippen molar-refractivity contribution in [1.29, 1.82) is 0 Å². The lowest BCUT2D eigenvalue weighted by atomic mass is 10.2. The van der Waals surface area contributed by atoms with E-state index in [2.05, 4.69) is 20.6 Å². The second-order valence-corrected chi connectivity index (χ2v) is 4.11. The summed E-state index contributed by atoms with van der Waals surface area (Å²) in [5.74, 6) is 1.39. The molecule has 7 heteroatoms. The van der Waals surface area contributed by atoms with Crippen LogP contribution in [0.25, 0.3) is 0 Å². The fraction of sp³-hybridized carbons (Fsp3) is 0.571. The number of nitrogens with one attached hydrogen (secondary N) is 2. The quantitative estimate of drug-likeness (QED) is 0.297. The van der Waals surface area contributed by atoms with Gasteiger partial charge in [0, 0.05) is 45.6 Å². The molecule has 2 N–H and O–H groups in total. The van der Waals surface area contributed by atoms with Crippen molar-refractivity contribution in [3.8, 4) is 5.88 Å². The van der Waals surface area contributed by atoms with E-state index in [-0.39, 0.29) is 24.0 Å². The summed E-state index contributed by atoms with van der Waals surface area (Å²) in [5, 5.41) is 6.48. The average molecular weight is 408 g/mol. The van der Waals surface area contributed by atoms with Gasteiger partial charge in [-0.3, -0.25) is 4.99 Å². The highest BCUT2D eigenvalue weighted by Crippen LogP contribution is 2.07. The van der Waals surface area contributed by atoms with E-state index in [4.69, 9.17) is 9.47 Å². The summed E-state index contributed by atoms with van der Waals surface area (Å²) in [7, 11) is 3.36. The molecule has 0 aliphatic heterocycles. The Hall–Kier alpha value is -1.09. The molecule has 0 saturated heterocycles. The highest BCUT2D eigenvalue weighted by molar-refractivity contribution is 14.0. The van der Waals surface area contributed by atoms with Crippen LogP contribution in [0.3, 0.4) is 0 Å². The molecule has 1 aromatic heterocycles. The van der Waals surface area contributed by atoms with Crippen LogP contribution in [-0.4, -0.2) is 44.9 Å². The maximum absolute atomic E-state index is 5.28. The summed E-state index contributed by atoms with van der Waals surface area (Å²) in [5.41, 5.74) is 1.09. The van der Waals surface area contributed by atoms with Gasteiger partial charge in [0.15, 0.2) is 5.96 Å². The Bertz CT molecular complexity index is 416. The van der Waals surface area contributed by atoms with Crippen molar-refractivity contribution in [2.75, 3.05) is 33.9 Å². The molecule has 0 radical (unpaired) electrons. The van der Waals surface area contributed by atoms with Crippen molar-refractivity contribution < 1.29 is 9.47 Å². The Labute approximate surface area is 143 Å². The third-order valence-corrected chi connectivity index (χ3v) is 2.65. The molecule has 0 unspecified atom stereocenters. The second-order valence-electron chi connectivity index (χ2n) is 4.11. The topological polar surface area (TPSA) is 67.8 Å². The maximum atomic E-state index is 5.28. The van der Waals surface area contributed by atoms with Gasteiger partial charge >= 0.3 is 0 Å². The highest BCUT2D eigenvalue weighted by Gasteiger charge is 2.00. The van der Waals surface area contributed by atoms with Gasteiger partial charge in [0.25, 0.3) is 0 Å². The standard InChI is InChI=1S/C14H24N4O2.HI/c1-4-20-9-5-7-17-14(15-2)18-11-12-6-8-16-13(10-12)19-3;/h6,8,10H,4-5,7,9,11H2,1-3H3,(H2,15,17,18);1H. The molecule has 0 aromatic carbocycles. The lowest BCUT2D eigenvalue weighted by Crippen LogP contribution is -2.37. The fourth-order valence-corrected chi connectivity index (χ4v) is 1.60. The van der Waals surface area contributed by atoms with Crippen molar-refractivity contribution >= 4 is 29.9 Å². The van der Waals surface area contributed by atoms with Gasteiger partial charge in [0.1, 0.15) is 0 Å². The van der Waals surface area contributed by atoms with Gasteiger partial charge in [-0.25, -0.2) is 4.98 Å². The van der Waals surface area contributed by atoms with Crippen LogP contribution in [0.1, 0.15) is 18.9 Å². The number of pyridine rings is 1. The SMILES string of the molecule is CCOCCCNC(=NC)NCc1ccnc(OC)c1.I. The summed E-state index contributed by atoms with van der Waals surface area (Å²) in [6.07, 6.45) is 2.69. The number of methoxy groups -OCH3 is 1. The molecule has 0 bridgehead atoms. The van der Waals surface area contributed by atoms with E-state index in [0.29, 0.717) is 12.4 Å². The van der Waals surface area contributed by atoms with Crippen LogP contribution in [0.2, 0.25) is 0 Å². The molecule has 0 atom stereocenters. The first kappa shape index (κ1) is 19.9. The van der Waals surface area contributed by atoms with E-state index in [1.54, 1.807) is 20.4 Å². The second kappa shape index (κ2) is 12.6. The number of nitrogens with zero attached hydrogens (tertiary/aromatic N) is 2. The van der Waals surface area contributed by atoms with Crippen LogP contribution < -0.4 is 15.4 Å². The number of aliphatic imine (C=N–C) groups is 1. The zero-order chi connectivity index (χ0) is 14.6. The Balaban J connectivity index is 0.00000400. The molecule has 6 nitrogen and oxygen atoms in total. The monoisotopic (exact) mass is 408 g/mol. The summed E-state index contributed by atoms with van der Waals surface area (Å²) < 4.78 is 10.4. The zero-order valence-corrected chi connectivity index (χ0v) is 15.2.